The lowest BCUT2D eigenvalue weighted by Gasteiger charge is -2.31. The summed E-state index contributed by atoms with van der Waals surface area (Å²) in [6.45, 7) is 8.54. The van der Waals surface area contributed by atoms with Crippen LogP contribution in [0.3, 0.4) is 0 Å². The average molecular weight is 506 g/mol. The summed E-state index contributed by atoms with van der Waals surface area (Å²) < 4.78 is 11.7. The molecule has 1 fully saturated rings. The Labute approximate surface area is 212 Å². The number of pyridine rings is 1. The molecular formula is C26H36ClN3O5. The van der Waals surface area contributed by atoms with E-state index < -0.39 is 24.3 Å². The van der Waals surface area contributed by atoms with Gasteiger partial charge in [-0.15, -0.1) is 0 Å². The number of nitrogens with zero attached hydrogens (tertiary/aromatic N) is 2. The molecular weight excluding hydrogens is 470 g/mol. The summed E-state index contributed by atoms with van der Waals surface area (Å²) in [5.74, 6) is -0.677. The Bertz CT molecular complexity index is 931. The summed E-state index contributed by atoms with van der Waals surface area (Å²) in [4.78, 5) is 31.2. The number of nitrogens with one attached hydrogen (secondary N) is 1. The maximum Gasteiger partial charge on any atom is 0.410 e. The molecule has 0 aliphatic carbocycles. The standard InChI is InChI=1S/C26H36ClN3O5/c1-17-4-6-22(31)14-24(32)35-25(19(3)12-20-13-21(27)16-29-15-20)18(2)5-7-23(17)34-26(33)30-10-8-28-9-11-30/h5,7,12-13,15-18,22-23,25,28,31H,4,6,8-11,14H2,1-3H3/b7-5+,19-12+/t17-,18-,22+,23-,25?/m0/s1. The zero-order valence-electron chi connectivity index (χ0n) is 20.7. The summed E-state index contributed by atoms with van der Waals surface area (Å²) in [5.41, 5.74) is 1.61. The van der Waals surface area contributed by atoms with Gasteiger partial charge in [-0.05, 0) is 49.0 Å². The van der Waals surface area contributed by atoms with Crippen LogP contribution in [0.15, 0.2) is 36.2 Å². The topological polar surface area (TPSA) is 101 Å². The van der Waals surface area contributed by atoms with E-state index in [9.17, 15) is 14.7 Å². The molecule has 5 atom stereocenters. The molecule has 1 saturated heterocycles. The summed E-state index contributed by atoms with van der Waals surface area (Å²) in [6, 6.07) is 1.78. The van der Waals surface area contributed by atoms with E-state index in [4.69, 9.17) is 21.1 Å². The third-order valence-electron chi connectivity index (χ3n) is 6.44. The first-order valence-electron chi connectivity index (χ1n) is 12.2. The van der Waals surface area contributed by atoms with Crippen molar-refractivity contribution < 1.29 is 24.2 Å². The average Bonchev–Trinajstić information content (AvgIpc) is 2.83. The number of halogens is 1. The highest BCUT2D eigenvalue weighted by Crippen LogP contribution is 2.26. The fourth-order valence-corrected chi connectivity index (χ4v) is 4.52. The van der Waals surface area contributed by atoms with Crippen LogP contribution in [0.2, 0.25) is 5.02 Å². The van der Waals surface area contributed by atoms with E-state index in [2.05, 4.69) is 10.3 Å². The maximum atomic E-state index is 12.8. The molecule has 2 aliphatic rings. The van der Waals surface area contributed by atoms with Crippen molar-refractivity contribution in [1.82, 2.24) is 15.2 Å². The normalized spacial score (nSPS) is 30.0. The van der Waals surface area contributed by atoms with Gasteiger partial charge in [-0.3, -0.25) is 9.78 Å². The van der Waals surface area contributed by atoms with Crippen LogP contribution < -0.4 is 5.32 Å². The van der Waals surface area contributed by atoms with E-state index in [1.54, 1.807) is 23.4 Å². The number of amides is 1. The first-order chi connectivity index (χ1) is 16.7. The van der Waals surface area contributed by atoms with E-state index >= 15 is 0 Å². The van der Waals surface area contributed by atoms with Crippen molar-refractivity contribution in [2.75, 3.05) is 26.2 Å². The molecule has 0 saturated carbocycles. The van der Waals surface area contributed by atoms with Gasteiger partial charge in [-0.2, -0.15) is 0 Å². The Morgan fingerprint density at radius 2 is 2.00 bits per heavy atom. The lowest BCUT2D eigenvalue weighted by atomic mass is 9.91. The van der Waals surface area contributed by atoms with Gasteiger partial charge in [0.2, 0.25) is 0 Å². The number of aliphatic hydroxyl groups excluding tert-OH is 1. The lowest BCUT2D eigenvalue weighted by Crippen LogP contribution is -2.47. The molecule has 1 amide bonds. The number of carbonyl (C=O) groups is 2. The van der Waals surface area contributed by atoms with Gasteiger partial charge in [0.15, 0.2) is 0 Å². The van der Waals surface area contributed by atoms with Crippen molar-refractivity contribution >= 4 is 29.7 Å². The van der Waals surface area contributed by atoms with Gasteiger partial charge in [0.05, 0.1) is 17.5 Å². The molecule has 35 heavy (non-hydrogen) atoms. The molecule has 3 heterocycles. The number of aromatic nitrogens is 1. The Morgan fingerprint density at radius 1 is 1.26 bits per heavy atom. The van der Waals surface area contributed by atoms with Crippen molar-refractivity contribution in [2.45, 2.75) is 58.3 Å². The molecule has 1 aromatic rings. The van der Waals surface area contributed by atoms with Gasteiger partial charge in [0.25, 0.3) is 0 Å². The number of cyclic esters (lactones) is 1. The molecule has 0 spiro atoms. The highest BCUT2D eigenvalue weighted by atomic mass is 35.5. The van der Waals surface area contributed by atoms with Gasteiger partial charge in [0, 0.05) is 44.5 Å². The Kier molecular flexibility index (Phi) is 10.1. The van der Waals surface area contributed by atoms with Crippen LogP contribution >= 0.6 is 11.6 Å². The maximum absolute atomic E-state index is 12.8. The minimum Gasteiger partial charge on any atom is -0.457 e. The molecule has 9 heteroatoms. The van der Waals surface area contributed by atoms with Gasteiger partial charge in [0.1, 0.15) is 12.2 Å². The number of hydrogen-bond donors (Lipinski definition) is 2. The number of rotatable bonds is 3. The number of hydrogen-bond acceptors (Lipinski definition) is 7. The fourth-order valence-electron chi connectivity index (χ4n) is 4.34. The molecule has 2 N–H and O–H groups in total. The monoisotopic (exact) mass is 505 g/mol. The van der Waals surface area contributed by atoms with Gasteiger partial charge >= 0.3 is 12.1 Å². The quantitative estimate of drug-likeness (QED) is 0.475. The first kappa shape index (κ1) is 27.2. The number of aliphatic hydroxyl groups is 1. The van der Waals surface area contributed by atoms with E-state index in [-0.39, 0.29) is 24.3 Å². The van der Waals surface area contributed by atoms with Crippen molar-refractivity contribution in [3.63, 3.8) is 0 Å². The first-order valence-corrected chi connectivity index (χ1v) is 12.6. The van der Waals surface area contributed by atoms with Crippen LogP contribution in [0.4, 0.5) is 4.79 Å². The smallest absolute Gasteiger partial charge is 0.410 e. The second kappa shape index (κ2) is 13.0. The van der Waals surface area contributed by atoms with Crippen molar-refractivity contribution in [3.8, 4) is 0 Å². The molecule has 192 valence electrons. The number of carbonyl (C=O) groups excluding carboxylic acids is 2. The van der Waals surface area contributed by atoms with E-state index in [1.807, 2.05) is 39.0 Å². The summed E-state index contributed by atoms with van der Waals surface area (Å²) in [6.07, 6.45) is 7.71. The zero-order valence-corrected chi connectivity index (χ0v) is 21.4. The van der Waals surface area contributed by atoms with Crippen molar-refractivity contribution in [1.29, 1.82) is 0 Å². The molecule has 3 rings (SSSR count). The van der Waals surface area contributed by atoms with Gasteiger partial charge in [-0.1, -0.05) is 37.6 Å². The Morgan fingerprint density at radius 3 is 2.71 bits per heavy atom. The second-order valence-electron chi connectivity index (χ2n) is 9.48. The Hall–Kier alpha value is -2.42. The number of piperazine rings is 1. The molecule has 1 aromatic heterocycles. The minimum atomic E-state index is -0.824. The lowest BCUT2D eigenvalue weighted by molar-refractivity contribution is -0.151. The SMILES string of the molecule is C/C(=C\c1cncc(Cl)c1)C1OC(=O)C[C@H](O)CC[C@H](C)[C@@H](OC(=O)N2CCNCC2)/C=C/[C@@H]1C. The molecule has 0 aromatic carbocycles. The molecule has 0 radical (unpaired) electrons. The van der Waals surface area contributed by atoms with Crippen LogP contribution in [0.5, 0.6) is 0 Å². The third-order valence-corrected chi connectivity index (χ3v) is 6.65. The minimum absolute atomic E-state index is 0.0250. The molecule has 0 bridgehead atoms. The number of ether oxygens (including phenoxy) is 2. The number of esters is 1. The van der Waals surface area contributed by atoms with E-state index in [0.717, 1.165) is 24.2 Å². The largest absolute Gasteiger partial charge is 0.457 e. The highest BCUT2D eigenvalue weighted by Gasteiger charge is 2.28. The van der Waals surface area contributed by atoms with E-state index in [0.29, 0.717) is 31.0 Å². The molecule has 2 aliphatic heterocycles. The predicted molar refractivity (Wildman–Crippen MR) is 135 cm³/mol. The second-order valence-corrected chi connectivity index (χ2v) is 9.91. The molecule has 1 unspecified atom stereocenters. The highest BCUT2D eigenvalue weighted by molar-refractivity contribution is 6.30. The Balaban J connectivity index is 1.83. The molecule has 8 nitrogen and oxygen atoms in total. The van der Waals surface area contributed by atoms with Gasteiger partial charge < -0.3 is 24.8 Å². The summed E-state index contributed by atoms with van der Waals surface area (Å²) >= 11 is 6.07. The van der Waals surface area contributed by atoms with Crippen LogP contribution in [-0.2, 0) is 14.3 Å². The van der Waals surface area contributed by atoms with Crippen molar-refractivity contribution in [3.05, 3.63) is 46.8 Å². The van der Waals surface area contributed by atoms with Gasteiger partial charge in [-0.25, -0.2) is 4.79 Å². The summed E-state index contributed by atoms with van der Waals surface area (Å²) in [7, 11) is 0. The van der Waals surface area contributed by atoms with Crippen LogP contribution in [0, 0.1) is 11.8 Å². The van der Waals surface area contributed by atoms with Crippen LogP contribution in [0.25, 0.3) is 6.08 Å². The fraction of sp³-hybridized carbons (Fsp3) is 0.577. The van der Waals surface area contributed by atoms with Crippen LogP contribution in [0.1, 0.15) is 45.6 Å². The van der Waals surface area contributed by atoms with E-state index in [1.165, 1.54) is 0 Å². The van der Waals surface area contributed by atoms with Crippen LogP contribution in [-0.4, -0.2) is 71.5 Å². The van der Waals surface area contributed by atoms with Crippen molar-refractivity contribution in [2.24, 2.45) is 11.8 Å². The third kappa shape index (κ3) is 8.33. The zero-order chi connectivity index (χ0) is 25.4. The predicted octanol–water partition coefficient (Wildman–Crippen LogP) is 3.83. The summed E-state index contributed by atoms with van der Waals surface area (Å²) in [5, 5.41) is 14.2.